The van der Waals surface area contributed by atoms with Gasteiger partial charge in [-0.25, -0.2) is 4.39 Å². The van der Waals surface area contributed by atoms with Crippen LogP contribution in [0, 0.1) is 5.82 Å². The third kappa shape index (κ3) is 5.49. The lowest BCUT2D eigenvalue weighted by molar-refractivity contribution is -0.907. The fraction of sp³-hybridized carbons (Fsp3) is 0.316. The molecular formula is C19H22FN4O3+. The molecule has 2 heterocycles. The summed E-state index contributed by atoms with van der Waals surface area (Å²) < 4.78 is 23.8. The summed E-state index contributed by atoms with van der Waals surface area (Å²) in [4.78, 5) is 13.3. The molecule has 1 aromatic carbocycles. The number of quaternary nitrogens is 1. The molecule has 0 aliphatic heterocycles. The Morgan fingerprint density at radius 3 is 2.74 bits per heavy atom. The summed E-state index contributed by atoms with van der Waals surface area (Å²) in [7, 11) is 0. The number of rotatable bonds is 9. The highest BCUT2D eigenvalue weighted by Crippen LogP contribution is 2.17. The summed E-state index contributed by atoms with van der Waals surface area (Å²) in [6.07, 6.45) is 2.46. The van der Waals surface area contributed by atoms with Gasteiger partial charge in [0.1, 0.15) is 5.82 Å². The van der Waals surface area contributed by atoms with Crippen molar-refractivity contribution in [1.29, 1.82) is 0 Å². The maximum Gasteiger partial charge on any atom is 0.283 e. The van der Waals surface area contributed by atoms with Crippen molar-refractivity contribution in [2.45, 2.75) is 26.4 Å². The van der Waals surface area contributed by atoms with Crippen molar-refractivity contribution >= 4 is 5.91 Å². The zero-order valence-corrected chi connectivity index (χ0v) is 15.1. The Balaban J connectivity index is 1.53. The van der Waals surface area contributed by atoms with Gasteiger partial charge in [0.15, 0.2) is 18.8 Å². The molecule has 1 amide bonds. The van der Waals surface area contributed by atoms with E-state index in [1.54, 1.807) is 30.5 Å². The third-order valence-electron chi connectivity index (χ3n) is 4.02. The summed E-state index contributed by atoms with van der Waals surface area (Å²) in [5, 5.41) is 10.9. The van der Waals surface area contributed by atoms with Gasteiger partial charge < -0.3 is 19.1 Å². The summed E-state index contributed by atoms with van der Waals surface area (Å²) in [5.74, 6) is 0.913. The van der Waals surface area contributed by atoms with Gasteiger partial charge in [-0.2, -0.15) is 0 Å². The molecule has 0 radical (unpaired) electrons. The van der Waals surface area contributed by atoms with Gasteiger partial charge in [-0.1, -0.05) is 19.1 Å². The lowest BCUT2D eigenvalue weighted by atomic mass is 10.2. The number of aromatic nitrogens is 2. The second-order valence-electron chi connectivity index (χ2n) is 6.24. The van der Waals surface area contributed by atoms with Crippen molar-refractivity contribution in [3.63, 3.8) is 0 Å². The number of amides is 1. The van der Waals surface area contributed by atoms with E-state index >= 15 is 0 Å². The largest absolute Gasteiger partial charge is 0.459 e. The number of nitrogens with zero attached hydrogens (tertiary/aromatic N) is 2. The van der Waals surface area contributed by atoms with Crippen molar-refractivity contribution in [1.82, 2.24) is 15.5 Å². The number of halogens is 1. The molecule has 0 spiro atoms. The number of hydrogen-bond acceptors (Lipinski definition) is 5. The number of carbonyl (C=O) groups is 1. The number of carbonyl (C=O) groups excluding carboxylic acids is 1. The van der Waals surface area contributed by atoms with Crippen LogP contribution in [0.25, 0.3) is 11.7 Å². The Morgan fingerprint density at radius 2 is 2.04 bits per heavy atom. The van der Waals surface area contributed by atoms with Crippen LogP contribution in [0.3, 0.4) is 0 Å². The van der Waals surface area contributed by atoms with E-state index in [2.05, 4.69) is 22.4 Å². The first-order chi connectivity index (χ1) is 13.1. The fourth-order valence-corrected chi connectivity index (χ4v) is 2.72. The average Bonchev–Trinajstić information content (AvgIpc) is 3.33. The first kappa shape index (κ1) is 18.8. The van der Waals surface area contributed by atoms with Crippen LogP contribution >= 0.6 is 0 Å². The van der Waals surface area contributed by atoms with Crippen LogP contribution in [0.5, 0.6) is 0 Å². The maximum atomic E-state index is 12.9. The summed E-state index contributed by atoms with van der Waals surface area (Å²) in [5.41, 5.74) is 0.849. The van der Waals surface area contributed by atoms with Gasteiger partial charge in [-0.05, 0) is 36.2 Å². The van der Waals surface area contributed by atoms with Gasteiger partial charge in [-0.3, -0.25) is 4.79 Å². The van der Waals surface area contributed by atoms with Gasteiger partial charge in [0.05, 0.1) is 12.8 Å². The highest BCUT2D eigenvalue weighted by atomic mass is 19.1. The third-order valence-corrected chi connectivity index (χ3v) is 4.02. The molecule has 27 heavy (non-hydrogen) atoms. The molecule has 0 saturated heterocycles. The minimum atomic E-state index is -0.294. The highest BCUT2D eigenvalue weighted by Gasteiger charge is 2.19. The Morgan fingerprint density at radius 1 is 1.22 bits per heavy atom. The molecular weight excluding hydrogens is 351 g/mol. The topological polar surface area (TPSA) is 85.6 Å². The molecule has 3 rings (SSSR count). The van der Waals surface area contributed by atoms with Gasteiger partial charge in [0.25, 0.3) is 17.7 Å². The Kier molecular flexibility index (Phi) is 6.32. The van der Waals surface area contributed by atoms with Crippen LogP contribution in [0.4, 0.5) is 4.39 Å². The molecule has 0 aliphatic rings. The number of benzene rings is 1. The Hall–Kier alpha value is -3.00. The first-order valence-electron chi connectivity index (χ1n) is 8.85. The molecule has 2 aromatic heterocycles. The first-order valence-corrected chi connectivity index (χ1v) is 8.85. The monoisotopic (exact) mass is 373 g/mol. The smallest absolute Gasteiger partial charge is 0.283 e. The minimum absolute atomic E-state index is 0.0893. The van der Waals surface area contributed by atoms with Gasteiger partial charge >= 0.3 is 0 Å². The van der Waals surface area contributed by atoms with E-state index in [0.29, 0.717) is 30.6 Å². The van der Waals surface area contributed by atoms with Crippen LogP contribution in [0.15, 0.2) is 51.5 Å². The lowest BCUT2D eigenvalue weighted by Crippen LogP contribution is -3.12. The standard InChI is InChI=1S/C19H21FN4O3/c1-2-9-24(12-17(25)21-11-14-5-7-15(20)8-6-14)13-18-22-23-19(27-18)16-4-3-10-26-16/h3-8,10H,2,9,11-13H2,1H3,(H,21,25)/p+1. The normalized spacial score (nSPS) is 12.1. The van der Waals surface area contributed by atoms with E-state index in [9.17, 15) is 9.18 Å². The molecule has 2 N–H and O–H groups in total. The molecule has 0 bridgehead atoms. The van der Waals surface area contributed by atoms with Crippen molar-refractivity contribution < 1.29 is 22.9 Å². The highest BCUT2D eigenvalue weighted by molar-refractivity contribution is 5.76. The number of hydrogen-bond donors (Lipinski definition) is 2. The summed E-state index contributed by atoms with van der Waals surface area (Å²) in [6, 6.07) is 9.56. The minimum Gasteiger partial charge on any atom is -0.459 e. The predicted octanol–water partition coefficient (Wildman–Crippen LogP) is 1.58. The van der Waals surface area contributed by atoms with E-state index in [-0.39, 0.29) is 18.3 Å². The molecule has 1 atom stereocenters. The van der Waals surface area contributed by atoms with Crippen molar-refractivity contribution in [3.8, 4) is 11.7 Å². The van der Waals surface area contributed by atoms with Gasteiger partial charge in [-0.15, -0.1) is 10.2 Å². The molecule has 7 nitrogen and oxygen atoms in total. The number of nitrogens with one attached hydrogen (secondary N) is 2. The van der Waals surface area contributed by atoms with Crippen LogP contribution < -0.4 is 10.2 Å². The molecule has 142 valence electrons. The van der Waals surface area contributed by atoms with E-state index in [1.807, 2.05) is 0 Å². The maximum absolute atomic E-state index is 12.9. The van der Waals surface area contributed by atoms with Crippen molar-refractivity contribution in [2.24, 2.45) is 0 Å². The van der Waals surface area contributed by atoms with Crippen molar-refractivity contribution in [3.05, 3.63) is 59.9 Å². The number of furan rings is 1. The van der Waals surface area contributed by atoms with E-state index < -0.39 is 0 Å². The lowest BCUT2D eigenvalue weighted by Gasteiger charge is -2.16. The quantitative estimate of drug-likeness (QED) is 0.595. The van der Waals surface area contributed by atoms with E-state index in [4.69, 9.17) is 8.83 Å². The second kappa shape index (κ2) is 9.09. The van der Waals surface area contributed by atoms with E-state index in [1.165, 1.54) is 12.1 Å². The zero-order chi connectivity index (χ0) is 19.1. The molecule has 3 aromatic rings. The van der Waals surface area contributed by atoms with Crippen LogP contribution in [-0.2, 0) is 17.9 Å². The SMILES string of the molecule is CCC[NH+](CC(=O)NCc1ccc(F)cc1)Cc1nnc(-c2ccco2)o1. The second-order valence-corrected chi connectivity index (χ2v) is 6.24. The summed E-state index contributed by atoms with van der Waals surface area (Å²) >= 11 is 0. The van der Waals surface area contributed by atoms with Crippen LogP contribution in [0.2, 0.25) is 0 Å². The van der Waals surface area contributed by atoms with Crippen LogP contribution in [0.1, 0.15) is 24.8 Å². The van der Waals surface area contributed by atoms with Gasteiger partial charge in [0.2, 0.25) is 0 Å². The molecule has 1 unspecified atom stereocenters. The molecule has 0 aliphatic carbocycles. The Labute approximate surface area is 156 Å². The Bertz CT molecular complexity index is 846. The van der Waals surface area contributed by atoms with E-state index in [0.717, 1.165) is 23.4 Å². The fourth-order valence-electron chi connectivity index (χ4n) is 2.72. The molecule has 0 fully saturated rings. The molecule has 0 saturated carbocycles. The zero-order valence-electron chi connectivity index (χ0n) is 15.1. The van der Waals surface area contributed by atoms with Crippen LogP contribution in [-0.4, -0.2) is 29.2 Å². The summed E-state index contributed by atoms with van der Waals surface area (Å²) in [6.45, 7) is 3.95. The van der Waals surface area contributed by atoms with Crippen molar-refractivity contribution in [2.75, 3.05) is 13.1 Å². The van der Waals surface area contributed by atoms with Gasteiger partial charge in [0, 0.05) is 6.54 Å². The predicted molar refractivity (Wildman–Crippen MR) is 94.9 cm³/mol. The molecule has 8 heteroatoms. The average molecular weight is 373 g/mol.